The highest BCUT2D eigenvalue weighted by Gasteiger charge is 2.42. The lowest BCUT2D eigenvalue weighted by molar-refractivity contribution is -0.121. The number of amides is 3. The van der Waals surface area contributed by atoms with Crippen LogP contribution in [0.1, 0.15) is 18.9 Å². The predicted molar refractivity (Wildman–Crippen MR) is 103 cm³/mol. The molecule has 2 unspecified atom stereocenters. The van der Waals surface area contributed by atoms with E-state index in [0.717, 1.165) is 12.1 Å². The highest BCUT2D eigenvalue weighted by Crippen LogP contribution is 2.33. The number of sulfonamides is 1. The number of nitrogens with one attached hydrogen (secondary N) is 2. The minimum absolute atomic E-state index is 0.0509. The smallest absolute Gasteiger partial charge is 0.336 e. The fourth-order valence-electron chi connectivity index (χ4n) is 3.20. The molecule has 0 fully saturated rings. The molecule has 0 aromatic heterocycles. The van der Waals surface area contributed by atoms with Crippen molar-refractivity contribution in [1.82, 2.24) is 14.3 Å². The van der Waals surface area contributed by atoms with Crippen LogP contribution < -0.4 is 15.3 Å². The SMILES string of the molecule is C[C@@H](NC(=O)CN1C(=O)Nc2ccc(F)c(C#N)c2S1(=O)=O)C1=[N+]=CC(C#N)CC1F. The van der Waals surface area contributed by atoms with Gasteiger partial charge >= 0.3 is 11.7 Å². The van der Waals surface area contributed by atoms with E-state index in [4.69, 9.17) is 10.5 Å². The van der Waals surface area contributed by atoms with Gasteiger partial charge in [-0.25, -0.2) is 26.3 Å². The number of nitrogens with zero attached hydrogens (tertiary/aromatic N) is 4. The summed E-state index contributed by atoms with van der Waals surface area (Å²) in [5.41, 5.74) is -1.13. The van der Waals surface area contributed by atoms with Gasteiger partial charge < -0.3 is 10.6 Å². The van der Waals surface area contributed by atoms with Crippen molar-refractivity contribution in [3.05, 3.63) is 23.5 Å². The van der Waals surface area contributed by atoms with Crippen LogP contribution in [0.2, 0.25) is 0 Å². The molecule has 0 spiro atoms. The lowest BCUT2D eigenvalue weighted by Crippen LogP contribution is -2.52. The predicted octanol–water partition coefficient (Wildman–Crippen LogP) is 0.199. The molecule has 160 valence electrons. The number of hydrogen-bond donors (Lipinski definition) is 2. The summed E-state index contributed by atoms with van der Waals surface area (Å²) in [5.74, 6) is -2.75. The molecule has 0 bridgehead atoms. The minimum atomic E-state index is -4.72. The average molecular weight is 449 g/mol. The van der Waals surface area contributed by atoms with Crippen LogP contribution in [0.4, 0.5) is 19.3 Å². The molecule has 1 aromatic rings. The van der Waals surface area contributed by atoms with Crippen molar-refractivity contribution in [2.24, 2.45) is 5.92 Å². The quantitative estimate of drug-likeness (QED) is 0.625. The molecule has 2 aliphatic heterocycles. The molecule has 13 heteroatoms. The number of nitriles is 2. The molecular weight excluding hydrogens is 434 g/mol. The van der Waals surface area contributed by atoms with Crippen LogP contribution in [0.5, 0.6) is 0 Å². The van der Waals surface area contributed by atoms with Gasteiger partial charge in [-0.1, -0.05) is 0 Å². The molecule has 3 atom stereocenters. The van der Waals surface area contributed by atoms with Gasteiger partial charge in [0, 0.05) is 6.42 Å². The largest absolute Gasteiger partial charge is 0.341 e. The molecule has 10 nitrogen and oxygen atoms in total. The van der Waals surface area contributed by atoms with Crippen LogP contribution in [0.25, 0.3) is 0 Å². The fourth-order valence-corrected chi connectivity index (χ4v) is 4.77. The van der Waals surface area contributed by atoms with Crippen molar-refractivity contribution in [2.75, 3.05) is 11.9 Å². The number of rotatable bonds is 4. The third-order valence-electron chi connectivity index (χ3n) is 4.69. The molecule has 0 saturated heterocycles. The van der Waals surface area contributed by atoms with Crippen LogP contribution >= 0.6 is 0 Å². The Kier molecular flexibility index (Phi) is 5.75. The molecular formula is C18H15F2N6O4S+. The van der Waals surface area contributed by atoms with Crippen molar-refractivity contribution in [2.45, 2.75) is 30.5 Å². The van der Waals surface area contributed by atoms with Gasteiger partial charge in [0.05, 0.1) is 11.8 Å². The molecule has 31 heavy (non-hydrogen) atoms. The first-order valence-electron chi connectivity index (χ1n) is 8.90. The summed E-state index contributed by atoms with van der Waals surface area (Å²) < 4.78 is 57.8. The molecule has 0 saturated carbocycles. The van der Waals surface area contributed by atoms with Gasteiger partial charge in [0.15, 0.2) is 0 Å². The number of hydrogen-bond acceptors (Lipinski definition) is 6. The second-order valence-corrected chi connectivity index (χ2v) is 8.58. The van der Waals surface area contributed by atoms with Gasteiger partial charge in [0.25, 0.3) is 16.2 Å². The summed E-state index contributed by atoms with van der Waals surface area (Å²) in [6, 6.07) is 3.01. The Balaban J connectivity index is 1.83. The van der Waals surface area contributed by atoms with E-state index in [-0.39, 0.29) is 22.1 Å². The van der Waals surface area contributed by atoms with Crippen LogP contribution in [0.3, 0.4) is 0 Å². The van der Waals surface area contributed by atoms with Gasteiger partial charge in [-0.15, -0.1) is 4.67 Å². The van der Waals surface area contributed by atoms with Gasteiger partial charge in [-0.3, -0.25) is 4.79 Å². The van der Waals surface area contributed by atoms with Crippen LogP contribution in [0, 0.1) is 34.4 Å². The van der Waals surface area contributed by atoms with Crippen LogP contribution in [0.15, 0.2) is 17.0 Å². The summed E-state index contributed by atoms with van der Waals surface area (Å²) in [5, 5.41) is 22.5. The number of carbonyl (C=O) groups excluding carboxylic acids is 2. The van der Waals surface area contributed by atoms with E-state index in [1.165, 1.54) is 19.2 Å². The van der Waals surface area contributed by atoms with E-state index in [9.17, 15) is 26.8 Å². The lowest BCUT2D eigenvalue weighted by Gasteiger charge is -2.29. The molecule has 0 radical (unpaired) electrons. The topological polar surface area (TPSA) is 157 Å². The molecule has 2 N–H and O–H groups in total. The Hall–Kier alpha value is -3.80. The van der Waals surface area contributed by atoms with E-state index >= 15 is 0 Å². The highest BCUT2D eigenvalue weighted by molar-refractivity contribution is 7.90. The second kappa shape index (κ2) is 8.14. The number of carbonyl (C=O) groups is 2. The zero-order chi connectivity index (χ0) is 22.9. The Labute approximate surface area is 175 Å². The Morgan fingerprint density at radius 1 is 1.45 bits per heavy atom. The Morgan fingerprint density at radius 3 is 2.77 bits per heavy atom. The summed E-state index contributed by atoms with van der Waals surface area (Å²) >= 11 is 0. The first-order chi connectivity index (χ1) is 14.6. The molecule has 2 aliphatic rings. The second-order valence-electron chi connectivity index (χ2n) is 6.78. The Morgan fingerprint density at radius 2 is 2.16 bits per heavy atom. The summed E-state index contributed by atoms with van der Waals surface area (Å²) in [4.78, 5) is 23.9. The number of alkyl halides is 1. The molecule has 2 heterocycles. The van der Waals surface area contributed by atoms with Crippen molar-refractivity contribution in [3.8, 4) is 12.1 Å². The van der Waals surface area contributed by atoms with E-state index in [1.807, 2.05) is 6.07 Å². The highest BCUT2D eigenvalue weighted by atomic mass is 32.2. The molecule has 0 aliphatic carbocycles. The summed E-state index contributed by atoms with van der Waals surface area (Å²) in [6.45, 7) is 0.418. The van der Waals surface area contributed by atoms with Gasteiger partial charge in [-0.2, -0.15) is 10.5 Å². The van der Waals surface area contributed by atoms with E-state index in [2.05, 4.69) is 15.3 Å². The molecule has 3 amide bonds. The Bertz CT molecular complexity index is 1230. The monoisotopic (exact) mass is 449 g/mol. The third kappa shape index (κ3) is 3.97. The van der Waals surface area contributed by atoms with Crippen molar-refractivity contribution in [3.63, 3.8) is 0 Å². The third-order valence-corrected chi connectivity index (χ3v) is 6.51. The first kappa shape index (κ1) is 21.9. The summed E-state index contributed by atoms with van der Waals surface area (Å²) in [7, 11) is -4.72. The maximum atomic E-state index is 14.2. The van der Waals surface area contributed by atoms with Gasteiger partial charge in [0.2, 0.25) is 12.1 Å². The van der Waals surface area contributed by atoms with E-state index in [1.54, 1.807) is 0 Å². The van der Waals surface area contributed by atoms with Gasteiger partial charge in [-0.05, 0) is 19.1 Å². The van der Waals surface area contributed by atoms with Crippen molar-refractivity contribution < 1.29 is 26.8 Å². The lowest BCUT2D eigenvalue weighted by atomic mass is 9.96. The number of urea groups is 1. The van der Waals surface area contributed by atoms with Crippen molar-refractivity contribution >= 4 is 39.6 Å². The summed E-state index contributed by atoms with van der Waals surface area (Å²) in [6.07, 6.45) is -0.455. The first-order valence-corrected chi connectivity index (χ1v) is 10.3. The average Bonchev–Trinajstić information content (AvgIpc) is 2.71. The normalized spacial score (nSPS) is 22.3. The number of halogens is 2. The number of fused-ring (bicyclic) bond motifs is 1. The molecule has 1 aromatic carbocycles. The molecule has 3 rings (SSSR count). The zero-order valence-corrected chi connectivity index (χ0v) is 16.8. The number of anilines is 1. The standard InChI is InChI=1S/C18H14F2N6O4S/c1-9(16-13(20)4-10(5-21)7-23-16)24-15(27)8-26-18(28)25-14-3-2-12(19)11(6-22)17(14)31(26,29)30/h2-3,7,9-10,13H,4,8H2,1H3,(H-,24,25,27,28)/p+1/t9-,10?,13?/m1/s1. The fraction of sp³-hybridized carbons (Fsp3) is 0.333. The van der Waals surface area contributed by atoms with E-state index < -0.39 is 62.9 Å². The maximum absolute atomic E-state index is 14.2. The van der Waals surface area contributed by atoms with Crippen molar-refractivity contribution in [1.29, 1.82) is 10.5 Å². The van der Waals surface area contributed by atoms with E-state index in [0.29, 0.717) is 0 Å². The maximum Gasteiger partial charge on any atom is 0.336 e. The van der Waals surface area contributed by atoms with Gasteiger partial charge in [0.1, 0.15) is 40.8 Å². The minimum Gasteiger partial charge on any atom is -0.341 e. The number of benzene rings is 1. The zero-order valence-electron chi connectivity index (χ0n) is 16.0. The van der Waals surface area contributed by atoms with Crippen LogP contribution in [-0.4, -0.2) is 55.3 Å². The van der Waals surface area contributed by atoms with Crippen LogP contribution in [-0.2, 0) is 14.8 Å².